The van der Waals surface area contributed by atoms with Gasteiger partial charge in [0.15, 0.2) is 11.6 Å². The van der Waals surface area contributed by atoms with Gasteiger partial charge in [-0.2, -0.15) is 0 Å². The van der Waals surface area contributed by atoms with Crippen LogP contribution < -0.4 is 0 Å². The first-order valence-electron chi connectivity index (χ1n) is 5.28. The van der Waals surface area contributed by atoms with E-state index in [0.717, 1.165) is 10.0 Å². The van der Waals surface area contributed by atoms with Crippen LogP contribution >= 0.6 is 15.9 Å². The van der Waals surface area contributed by atoms with Crippen LogP contribution in [-0.2, 0) is 9.59 Å². The van der Waals surface area contributed by atoms with E-state index in [4.69, 9.17) is 5.11 Å². The average Bonchev–Trinajstić information content (AvgIpc) is 2.28. The normalized spacial score (nSPS) is 20.5. The van der Waals surface area contributed by atoms with Gasteiger partial charge in [0, 0.05) is 17.3 Å². The number of halogens is 1. The molecule has 88 valence electrons. The quantitative estimate of drug-likeness (QED) is 0.492. The van der Waals surface area contributed by atoms with Crippen molar-refractivity contribution >= 4 is 27.5 Å². The molecule has 0 saturated heterocycles. The summed E-state index contributed by atoms with van der Waals surface area (Å²) < 4.78 is 0.929. The molecule has 1 N–H and O–H groups in total. The minimum Gasteiger partial charge on any atom is -0.515 e. The fourth-order valence-corrected chi connectivity index (χ4v) is 2.45. The zero-order valence-corrected chi connectivity index (χ0v) is 10.6. The molecule has 1 aromatic carbocycles. The van der Waals surface area contributed by atoms with Gasteiger partial charge >= 0.3 is 0 Å². The largest absolute Gasteiger partial charge is 0.515 e. The molecule has 1 aromatic rings. The molecule has 2 rings (SSSR count). The Morgan fingerprint density at radius 2 is 1.88 bits per heavy atom. The minimum absolute atomic E-state index is 0.0729. The van der Waals surface area contributed by atoms with Crippen LogP contribution in [0.3, 0.4) is 0 Å². The van der Waals surface area contributed by atoms with Crippen molar-refractivity contribution in [3.63, 3.8) is 0 Å². The highest BCUT2D eigenvalue weighted by Crippen LogP contribution is 2.32. The third-order valence-corrected chi connectivity index (χ3v) is 3.41. The Labute approximate surface area is 107 Å². The number of benzene rings is 1. The summed E-state index contributed by atoms with van der Waals surface area (Å²) in [4.78, 5) is 23.3. The van der Waals surface area contributed by atoms with E-state index in [1.54, 1.807) is 0 Å². The van der Waals surface area contributed by atoms with Gasteiger partial charge in [0.2, 0.25) is 0 Å². The fraction of sp³-hybridized carbons (Fsp3) is 0.231. The van der Waals surface area contributed by atoms with Gasteiger partial charge in [-0.05, 0) is 23.6 Å². The molecule has 0 aromatic heterocycles. The number of Topliss-reactive ketones (excluding diaryl/α,β-unsaturated/α-hetero) is 2. The minimum atomic E-state index is -0.284. The molecule has 0 aliphatic heterocycles. The maximum absolute atomic E-state index is 11.6. The number of carbonyl (C=O) groups excluding carboxylic acids is 2. The first kappa shape index (κ1) is 12.0. The van der Waals surface area contributed by atoms with Crippen molar-refractivity contribution in [2.75, 3.05) is 0 Å². The average molecular weight is 295 g/mol. The molecule has 1 fully saturated rings. The Kier molecular flexibility index (Phi) is 3.43. The summed E-state index contributed by atoms with van der Waals surface area (Å²) in [7, 11) is 0. The first-order chi connectivity index (χ1) is 8.11. The Hall–Kier alpha value is -1.42. The molecule has 1 aliphatic carbocycles. The molecule has 0 bridgehead atoms. The number of hydrogen-bond acceptors (Lipinski definition) is 3. The van der Waals surface area contributed by atoms with Crippen LogP contribution in [0, 0.1) is 0 Å². The highest BCUT2D eigenvalue weighted by atomic mass is 79.9. The predicted octanol–water partition coefficient (Wildman–Crippen LogP) is 2.91. The molecule has 17 heavy (non-hydrogen) atoms. The molecule has 0 amide bonds. The van der Waals surface area contributed by atoms with Crippen LogP contribution in [0.15, 0.2) is 40.6 Å². The van der Waals surface area contributed by atoms with Crippen molar-refractivity contribution in [1.29, 1.82) is 0 Å². The van der Waals surface area contributed by atoms with Crippen molar-refractivity contribution in [1.82, 2.24) is 0 Å². The van der Waals surface area contributed by atoms with Crippen LogP contribution in [-0.4, -0.2) is 16.7 Å². The lowest BCUT2D eigenvalue weighted by atomic mass is 9.80. The van der Waals surface area contributed by atoms with E-state index in [0.29, 0.717) is 6.26 Å². The zero-order valence-electron chi connectivity index (χ0n) is 9.02. The number of carbonyl (C=O) groups is 2. The second-order valence-electron chi connectivity index (χ2n) is 4.05. The summed E-state index contributed by atoms with van der Waals surface area (Å²) in [6.07, 6.45) is 1.17. The molecule has 0 heterocycles. The third-order valence-electron chi connectivity index (χ3n) is 2.91. The lowest BCUT2D eigenvalue weighted by Crippen LogP contribution is -2.24. The van der Waals surface area contributed by atoms with E-state index in [2.05, 4.69) is 15.9 Å². The standard InChI is InChI=1S/C13H11BrO3/c14-10-3-1-2-8(4-10)9-5-12(16)11(7-15)13(17)6-9/h1-4,7,9,15H,5-6H2. The van der Waals surface area contributed by atoms with Gasteiger partial charge in [-0.25, -0.2) is 0 Å². The van der Waals surface area contributed by atoms with Crippen LogP contribution in [0.2, 0.25) is 0 Å². The van der Waals surface area contributed by atoms with Gasteiger partial charge in [0.25, 0.3) is 0 Å². The molecule has 0 unspecified atom stereocenters. The lowest BCUT2D eigenvalue weighted by Gasteiger charge is -2.21. The molecule has 0 spiro atoms. The maximum atomic E-state index is 11.6. The van der Waals surface area contributed by atoms with E-state index < -0.39 is 0 Å². The summed E-state index contributed by atoms with van der Waals surface area (Å²) in [6.45, 7) is 0. The molecular weight excluding hydrogens is 284 g/mol. The number of aliphatic hydroxyl groups is 1. The van der Waals surface area contributed by atoms with E-state index >= 15 is 0 Å². The number of hydrogen-bond donors (Lipinski definition) is 1. The zero-order chi connectivity index (χ0) is 12.4. The van der Waals surface area contributed by atoms with Crippen molar-refractivity contribution in [2.24, 2.45) is 0 Å². The fourth-order valence-electron chi connectivity index (χ4n) is 2.04. The van der Waals surface area contributed by atoms with Crippen molar-refractivity contribution in [2.45, 2.75) is 18.8 Å². The molecule has 0 atom stereocenters. The van der Waals surface area contributed by atoms with Crippen molar-refractivity contribution < 1.29 is 14.7 Å². The van der Waals surface area contributed by atoms with Crippen molar-refractivity contribution in [3.05, 3.63) is 46.1 Å². The van der Waals surface area contributed by atoms with Crippen LogP contribution in [0.1, 0.15) is 24.3 Å². The summed E-state index contributed by atoms with van der Waals surface area (Å²) in [6, 6.07) is 7.60. The van der Waals surface area contributed by atoms with Gasteiger partial charge in [0.05, 0.1) is 11.8 Å². The van der Waals surface area contributed by atoms with Crippen molar-refractivity contribution in [3.8, 4) is 0 Å². The summed E-state index contributed by atoms with van der Waals surface area (Å²) >= 11 is 3.36. The molecule has 3 nitrogen and oxygen atoms in total. The summed E-state index contributed by atoms with van der Waals surface area (Å²) in [5.74, 6) is -0.654. The van der Waals surface area contributed by atoms with Crippen LogP contribution in [0.4, 0.5) is 0 Å². The lowest BCUT2D eigenvalue weighted by molar-refractivity contribution is -0.124. The summed E-state index contributed by atoms with van der Waals surface area (Å²) in [5, 5.41) is 8.82. The molecule has 1 saturated carbocycles. The van der Waals surface area contributed by atoms with Gasteiger partial charge in [-0.15, -0.1) is 0 Å². The second kappa shape index (κ2) is 4.84. The predicted molar refractivity (Wildman–Crippen MR) is 66.8 cm³/mol. The van der Waals surface area contributed by atoms with Crippen LogP contribution in [0.5, 0.6) is 0 Å². The SMILES string of the molecule is O=C1CC(c2cccc(Br)c2)CC(=O)C1=CO. The number of aliphatic hydroxyl groups excluding tert-OH is 1. The van der Waals surface area contributed by atoms with E-state index in [1.807, 2.05) is 24.3 Å². The monoisotopic (exact) mass is 294 g/mol. The molecular formula is C13H11BrO3. The third kappa shape index (κ3) is 2.47. The highest BCUT2D eigenvalue weighted by molar-refractivity contribution is 9.10. The Morgan fingerprint density at radius 3 is 2.41 bits per heavy atom. The Morgan fingerprint density at radius 1 is 1.24 bits per heavy atom. The molecule has 1 aliphatic rings. The maximum Gasteiger partial charge on any atom is 0.170 e. The van der Waals surface area contributed by atoms with Gasteiger partial charge in [-0.1, -0.05) is 28.1 Å². The smallest absolute Gasteiger partial charge is 0.170 e. The number of rotatable bonds is 1. The second-order valence-corrected chi connectivity index (χ2v) is 4.96. The van der Waals surface area contributed by atoms with E-state index in [1.165, 1.54) is 0 Å². The Bertz CT molecular complexity index is 485. The topological polar surface area (TPSA) is 54.4 Å². The Balaban J connectivity index is 2.26. The van der Waals surface area contributed by atoms with Gasteiger partial charge in [0.1, 0.15) is 0 Å². The molecule has 0 radical (unpaired) electrons. The number of allylic oxidation sites excluding steroid dienone is 1. The first-order valence-corrected chi connectivity index (χ1v) is 6.07. The van der Waals surface area contributed by atoms with Gasteiger partial charge < -0.3 is 5.11 Å². The van der Waals surface area contributed by atoms with E-state index in [9.17, 15) is 9.59 Å². The number of ketones is 2. The highest BCUT2D eigenvalue weighted by Gasteiger charge is 2.31. The van der Waals surface area contributed by atoms with Gasteiger partial charge in [-0.3, -0.25) is 9.59 Å². The van der Waals surface area contributed by atoms with Crippen LogP contribution in [0.25, 0.3) is 0 Å². The molecule has 4 heteroatoms. The summed E-state index contributed by atoms with van der Waals surface area (Å²) in [5.41, 5.74) is 0.898. The van der Waals surface area contributed by atoms with E-state index in [-0.39, 0.29) is 35.9 Å².